The lowest BCUT2D eigenvalue weighted by Gasteiger charge is -2.41. The van der Waals surface area contributed by atoms with E-state index in [1.165, 1.54) is 128 Å². The van der Waals surface area contributed by atoms with Crippen LogP contribution in [0.4, 0.5) is 0 Å². The van der Waals surface area contributed by atoms with Crippen molar-refractivity contribution in [3.63, 3.8) is 0 Å². The minimum atomic E-state index is 0.760. The minimum Gasteiger partial charge on any atom is -0.378 e. The Balaban J connectivity index is 1.11. The van der Waals surface area contributed by atoms with Gasteiger partial charge in [-0.2, -0.15) is 0 Å². The van der Waals surface area contributed by atoms with Crippen molar-refractivity contribution in [2.45, 2.75) is 153 Å². The fourth-order valence-electron chi connectivity index (χ4n) is 7.64. The standard InChI is InChI=1S/C30H56N2O2/c1-5-13-27(14-6-1)31(28-15-7-2-8-16-28)21-23-33-25-26-34-24-22-32(29-17-9-3-10-18-29)30-19-11-4-12-20-30/h27-30H,1-26H2. The average molecular weight is 477 g/mol. The first-order chi connectivity index (χ1) is 16.9. The molecule has 0 aromatic heterocycles. The van der Waals surface area contributed by atoms with Gasteiger partial charge in [-0.15, -0.1) is 0 Å². The van der Waals surface area contributed by atoms with E-state index < -0.39 is 0 Å². The Morgan fingerprint density at radius 3 is 0.882 bits per heavy atom. The van der Waals surface area contributed by atoms with E-state index in [0.717, 1.165) is 63.7 Å². The highest BCUT2D eigenvalue weighted by Gasteiger charge is 2.29. The number of hydrogen-bond acceptors (Lipinski definition) is 4. The Kier molecular flexibility index (Phi) is 12.5. The summed E-state index contributed by atoms with van der Waals surface area (Å²) in [6.07, 6.45) is 28.6. The second-order valence-corrected chi connectivity index (χ2v) is 11.9. The van der Waals surface area contributed by atoms with Crippen LogP contribution in [0.15, 0.2) is 0 Å². The van der Waals surface area contributed by atoms with Gasteiger partial charge >= 0.3 is 0 Å². The molecule has 4 saturated carbocycles. The average Bonchev–Trinajstić information content (AvgIpc) is 2.92. The van der Waals surface area contributed by atoms with Gasteiger partial charge in [0.2, 0.25) is 0 Å². The maximum absolute atomic E-state index is 6.11. The maximum Gasteiger partial charge on any atom is 0.0701 e. The molecule has 0 heterocycles. The summed E-state index contributed by atoms with van der Waals surface area (Å²) in [5.74, 6) is 0. The van der Waals surface area contributed by atoms with Crippen molar-refractivity contribution in [1.29, 1.82) is 0 Å². The van der Waals surface area contributed by atoms with Gasteiger partial charge in [-0.3, -0.25) is 9.80 Å². The molecule has 0 amide bonds. The van der Waals surface area contributed by atoms with Crippen molar-refractivity contribution in [3.05, 3.63) is 0 Å². The lowest BCUT2D eigenvalue weighted by Crippen LogP contribution is -2.47. The molecule has 0 unspecified atom stereocenters. The van der Waals surface area contributed by atoms with Gasteiger partial charge in [0.05, 0.1) is 26.4 Å². The molecule has 0 aromatic carbocycles. The third-order valence-corrected chi connectivity index (χ3v) is 9.53. The molecule has 4 fully saturated rings. The maximum atomic E-state index is 6.11. The fraction of sp³-hybridized carbons (Fsp3) is 1.00. The third-order valence-electron chi connectivity index (χ3n) is 9.53. The van der Waals surface area contributed by atoms with Gasteiger partial charge in [0.15, 0.2) is 0 Å². The van der Waals surface area contributed by atoms with Gasteiger partial charge in [0.1, 0.15) is 0 Å². The molecule has 34 heavy (non-hydrogen) atoms. The van der Waals surface area contributed by atoms with E-state index in [2.05, 4.69) is 9.80 Å². The molecule has 4 heteroatoms. The van der Waals surface area contributed by atoms with Gasteiger partial charge in [-0.1, -0.05) is 77.0 Å². The van der Waals surface area contributed by atoms with Gasteiger partial charge in [-0.25, -0.2) is 0 Å². The Labute approximate surface area is 211 Å². The predicted molar refractivity (Wildman–Crippen MR) is 143 cm³/mol. The molecular weight excluding hydrogens is 420 g/mol. The van der Waals surface area contributed by atoms with Crippen molar-refractivity contribution < 1.29 is 9.47 Å². The highest BCUT2D eigenvalue weighted by Crippen LogP contribution is 2.31. The van der Waals surface area contributed by atoms with Crippen molar-refractivity contribution in [1.82, 2.24) is 9.80 Å². The molecule has 0 aliphatic heterocycles. The first-order valence-corrected chi connectivity index (χ1v) is 15.6. The number of nitrogens with zero attached hydrogens (tertiary/aromatic N) is 2. The second-order valence-electron chi connectivity index (χ2n) is 11.9. The molecule has 4 aliphatic carbocycles. The molecule has 4 aliphatic rings. The lowest BCUT2D eigenvalue weighted by atomic mass is 9.88. The van der Waals surface area contributed by atoms with Crippen LogP contribution in [0, 0.1) is 0 Å². The zero-order chi connectivity index (χ0) is 23.3. The SMILES string of the molecule is C1CCC(N(CCOCCOCCN(C2CCCCC2)C2CCCCC2)C2CCCCC2)CC1. The summed E-state index contributed by atoms with van der Waals surface area (Å²) in [6.45, 7) is 5.55. The van der Waals surface area contributed by atoms with E-state index >= 15 is 0 Å². The molecule has 0 saturated heterocycles. The first kappa shape index (κ1) is 26.9. The number of ether oxygens (including phenoxy) is 2. The molecule has 4 nitrogen and oxygen atoms in total. The van der Waals surface area contributed by atoms with Crippen LogP contribution in [-0.2, 0) is 9.47 Å². The fourth-order valence-corrected chi connectivity index (χ4v) is 7.64. The van der Waals surface area contributed by atoms with E-state index in [4.69, 9.17) is 9.47 Å². The molecular formula is C30H56N2O2. The Bertz CT molecular complexity index is 424. The van der Waals surface area contributed by atoms with Gasteiger partial charge in [0, 0.05) is 37.3 Å². The lowest BCUT2D eigenvalue weighted by molar-refractivity contribution is 0.000178. The molecule has 0 aromatic rings. The van der Waals surface area contributed by atoms with E-state index in [1.807, 2.05) is 0 Å². The molecule has 0 N–H and O–H groups in total. The van der Waals surface area contributed by atoms with Crippen LogP contribution in [0.25, 0.3) is 0 Å². The van der Waals surface area contributed by atoms with E-state index in [0.29, 0.717) is 0 Å². The quantitative estimate of drug-likeness (QED) is 0.268. The normalized spacial score (nSPS) is 24.9. The van der Waals surface area contributed by atoms with Crippen molar-refractivity contribution in [2.24, 2.45) is 0 Å². The largest absolute Gasteiger partial charge is 0.378 e. The molecule has 0 spiro atoms. The van der Waals surface area contributed by atoms with Crippen LogP contribution in [0.1, 0.15) is 128 Å². The molecule has 0 atom stereocenters. The summed E-state index contributed by atoms with van der Waals surface area (Å²) < 4.78 is 12.2. The van der Waals surface area contributed by atoms with Crippen LogP contribution < -0.4 is 0 Å². The zero-order valence-electron chi connectivity index (χ0n) is 22.4. The highest BCUT2D eigenvalue weighted by atomic mass is 16.5. The van der Waals surface area contributed by atoms with Gasteiger partial charge in [0.25, 0.3) is 0 Å². The summed E-state index contributed by atoms with van der Waals surface area (Å²) in [6, 6.07) is 3.29. The molecule has 198 valence electrons. The summed E-state index contributed by atoms with van der Waals surface area (Å²) in [7, 11) is 0. The van der Waals surface area contributed by atoms with Crippen LogP contribution >= 0.6 is 0 Å². The van der Waals surface area contributed by atoms with Crippen LogP contribution in [0.5, 0.6) is 0 Å². The monoisotopic (exact) mass is 476 g/mol. The number of rotatable bonds is 13. The van der Waals surface area contributed by atoms with E-state index in [-0.39, 0.29) is 0 Å². The first-order valence-electron chi connectivity index (χ1n) is 15.6. The Hall–Kier alpha value is -0.160. The minimum absolute atomic E-state index is 0.760. The van der Waals surface area contributed by atoms with Crippen LogP contribution in [0.2, 0.25) is 0 Å². The second kappa shape index (κ2) is 15.8. The smallest absolute Gasteiger partial charge is 0.0701 e. The summed E-state index contributed by atoms with van der Waals surface area (Å²) in [4.78, 5) is 5.73. The molecule has 4 rings (SSSR count). The summed E-state index contributed by atoms with van der Waals surface area (Å²) in [5, 5.41) is 0. The number of hydrogen-bond donors (Lipinski definition) is 0. The molecule has 0 radical (unpaired) electrons. The zero-order valence-corrected chi connectivity index (χ0v) is 22.4. The highest BCUT2D eigenvalue weighted by molar-refractivity contribution is 4.85. The van der Waals surface area contributed by atoms with Gasteiger partial charge < -0.3 is 9.47 Å². The molecule has 0 bridgehead atoms. The Morgan fingerprint density at radius 1 is 0.353 bits per heavy atom. The Morgan fingerprint density at radius 2 is 0.618 bits per heavy atom. The van der Waals surface area contributed by atoms with Crippen LogP contribution in [0.3, 0.4) is 0 Å². The van der Waals surface area contributed by atoms with Crippen molar-refractivity contribution in [2.75, 3.05) is 39.5 Å². The third kappa shape index (κ3) is 8.75. The van der Waals surface area contributed by atoms with E-state index in [1.54, 1.807) is 0 Å². The van der Waals surface area contributed by atoms with Crippen molar-refractivity contribution in [3.8, 4) is 0 Å². The van der Waals surface area contributed by atoms with Gasteiger partial charge in [-0.05, 0) is 51.4 Å². The van der Waals surface area contributed by atoms with E-state index in [9.17, 15) is 0 Å². The van der Waals surface area contributed by atoms with Crippen molar-refractivity contribution >= 4 is 0 Å². The topological polar surface area (TPSA) is 24.9 Å². The predicted octanol–water partition coefficient (Wildman–Crippen LogP) is 6.95. The summed E-state index contributed by atoms with van der Waals surface area (Å²) in [5.41, 5.74) is 0. The van der Waals surface area contributed by atoms with Crippen LogP contribution in [-0.4, -0.2) is 73.5 Å². The summed E-state index contributed by atoms with van der Waals surface area (Å²) >= 11 is 0.